The zero-order valence-corrected chi connectivity index (χ0v) is 14.0. The van der Waals surface area contributed by atoms with Gasteiger partial charge in [0.2, 0.25) is 6.04 Å². The summed E-state index contributed by atoms with van der Waals surface area (Å²) in [7, 11) is 0. The number of rotatable bonds is 5. The quantitative estimate of drug-likeness (QED) is 0.178. The molecule has 0 radical (unpaired) electrons. The predicted octanol–water partition coefficient (Wildman–Crippen LogP) is 0.311. The Morgan fingerprint density at radius 1 is 1.35 bits per heavy atom. The summed E-state index contributed by atoms with van der Waals surface area (Å²) in [5.74, 6) is -4.96. The molecule has 26 heavy (non-hydrogen) atoms. The maximum atomic E-state index is 12.8. The Balaban J connectivity index is 2.84. The molecule has 4 unspecified atom stereocenters. The Morgan fingerprint density at radius 3 is 2.38 bits per heavy atom. The van der Waals surface area contributed by atoms with Crippen molar-refractivity contribution in [2.75, 3.05) is 6.61 Å². The predicted molar refractivity (Wildman–Crippen MR) is 82.2 cm³/mol. The zero-order chi connectivity index (χ0) is 19.8. The van der Waals surface area contributed by atoms with Gasteiger partial charge < -0.3 is 9.94 Å². The molecule has 1 saturated carbocycles. The first-order valence-electron chi connectivity index (χ1n) is 7.86. The number of ketones is 1. The molecule has 0 aromatic heterocycles. The number of carbonyl (C=O) groups excluding carboxylic acids is 2. The van der Waals surface area contributed by atoms with Gasteiger partial charge >= 0.3 is 5.97 Å². The van der Waals surface area contributed by atoms with Gasteiger partial charge in [0.05, 0.1) is 17.6 Å². The highest BCUT2D eigenvalue weighted by Gasteiger charge is 2.71. The number of fused-ring (bicyclic) bond motifs is 2. The molecular formula is C14H17N3O9. The van der Waals surface area contributed by atoms with E-state index in [2.05, 4.69) is 0 Å². The van der Waals surface area contributed by atoms with Crippen molar-refractivity contribution in [1.82, 2.24) is 0 Å². The Bertz CT molecular complexity index is 740. The van der Waals surface area contributed by atoms with Crippen molar-refractivity contribution in [2.24, 2.45) is 17.3 Å². The van der Waals surface area contributed by atoms with Crippen molar-refractivity contribution in [3.8, 4) is 0 Å². The van der Waals surface area contributed by atoms with Gasteiger partial charge in [-0.25, -0.2) is 0 Å². The Morgan fingerprint density at radius 2 is 1.96 bits per heavy atom. The van der Waals surface area contributed by atoms with Crippen LogP contribution in [0.5, 0.6) is 0 Å². The lowest BCUT2D eigenvalue weighted by Gasteiger charge is -2.43. The van der Waals surface area contributed by atoms with Crippen LogP contribution < -0.4 is 0 Å². The first kappa shape index (κ1) is 19.3. The Kier molecular flexibility index (Phi) is 4.96. The van der Waals surface area contributed by atoms with E-state index < -0.39 is 67.6 Å². The average Bonchev–Trinajstić information content (AvgIpc) is 2.54. The normalized spacial score (nSPS) is 32.5. The lowest BCUT2D eigenvalue weighted by atomic mass is 9.55. The highest BCUT2D eigenvalue weighted by atomic mass is 16.8. The van der Waals surface area contributed by atoms with Crippen LogP contribution in [0, 0.1) is 42.7 Å². The lowest BCUT2D eigenvalue weighted by molar-refractivity contribution is -0.728. The topological polar surface area (TPSA) is 176 Å². The van der Waals surface area contributed by atoms with Crippen LogP contribution in [0.4, 0.5) is 0 Å². The maximum Gasteiger partial charge on any atom is 0.320 e. The first-order valence-corrected chi connectivity index (χ1v) is 7.86. The fourth-order valence-electron chi connectivity index (χ4n) is 3.95. The number of hydrogen-bond donors (Lipinski definition) is 1. The van der Waals surface area contributed by atoms with Crippen LogP contribution in [0.1, 0.15) is 26.7 Å². The molecule has 0 aromatic rings. The summed E-state index contributed by atoms with van der Waals surface area (Å²) in [6.07, 6.45) is -0.129. The summed E-state index contributed by atoms with van der Waals surface area (Å²) in [5, 5.41) is 43.7. The molecule has 142 valence electrons. The van der Waals surface area contributed by atoms with Crippen LogP contribution in [0.3, 0.4) is 0 Å². The number of nitrogens with zero attached hydrogens (tertiary/aromatic N) is 3. The Hall–Kier alpha value is -3.05. The van der Waals surface area contributed by atoms with Gasteiger partial charge in [-0.05, 0) is 13.3 Å². The van der Waals surface area contributed by atoms with Gasteiger partial charge in [-0.15, -0.1) is 0 Å². The van der Waals surface area contributed by atoms with Crippen LogP contribution in [-0.4, -0.2) is 50.1 Å². The maximum absolute atomic E-state index is 12.8. The molecule has 0 aliphatic heterocycles. The second kappa shape index (κ2) is 6.69. The van der Waals surface area contributed by atoms with Crippen LogP contribution in [0.2, 0.25) is 0 Å². The summed E-state index contributed by atoms with van der Waals surface area (Å²) < 4.78 is 4.91. The first-order chi connectivity index (χ1) is 12.1. The third kappa shape index (κ3) is 2.57. The minimum Gasteiger partial charge on any atom is -0.465 e. The second-order valence-corrected chi connectivity index (χ2v) is 6.06. The summed E-state index contributed by atoms with van der Waals surface area (Å²) >= 11 is 0. The van der Waals surface area contributed by atoms with E-state index in [1.165, 1.54) is 13.8 Å². The molecule has 0 spiro atoms. The molecule has 2 rings (SSSR count). The third-order valence-electron chi connectivity index (χ3n) is 5.05. The molecule has 4 atom stereocenters. The monoisotopic (exact) mass is 371 g/mol. The van der Waals surface area contributed by atoms with Gasteiger partial charge in [0.15, 0.2) is 5.78 Å². The molecule has 0 heterocycles. The number of carbonyl (C=O) groups is 2. The van der Waals surface area contributed by atoms with Gasteiger partial charge in [-0.1, -0.05) is 6.92 Å². The van der Waals surface area contributed by atoms with Crippen molar-refractivity contribution in [2.45, 2.75) is 32.7 Å². The van der Waals surface area contributed by atoms with Crippen molar-refractivity contribution in [3.63, 3.8) is 0 Å². The molecule has 1 N–H and O–H groups in total. The average molecular weight is 371 g/mol. The van der Waals surface area contributed by atoms with E-state index in [1.807, 2.05) is 0 Å². The van der Waals surface area contributed by atoms with E-state index in [9.17, 15) is 40.2 Å². The molecule has 0 amide bonds. The van der Waals surface area contributed by atoms with Gasteiger partial charge in [0, 0.05) is 16.2 Å². The fourth-order valence-corrected chi connectivity index (χ4v) is 3.95. The minimum atomic E-state index is -2.10. The summed E-state index contributed by atoms with van der Waals surface area (Å²) in [4.78, 5) is 46.0. The number of ether oxygens (including phenoxy) is 1. The molecule has 0 aromatic carbocycles. The SMILES string of the molecule is CCOC(=O)C1(CC)C(=O)CC2/C(=[N+](/[O-])O)C=C([N+](=O)[O-])C1C2[N+](=O)[O-]. The van der Waals surface area contributed by atoms with Crippen LogP contribution in [-0.2, 0) is 14.3 Å². The number of hydrogen-bond acceptors (Lipinski definition) is 9. The number of Topliss-reactive ketones (excluding diaryl/α,β-unsaturated/α-hetero) is 1. The summed E-state index contributed by atoms with van der Waals surface area (Å²) in [6, 6.07) is -1.80. The van der Waals surface area contributed by atoms with Crippen LogP contribution in [0.25, 0.3) is 0 Å². The van der Waals surface area contributed by atoms with Gasteiger partial charge in [0.1, 0.15) is 17.3 Å². The third-order valence-corrected chi connectivity index (χ3v) is 5.05. The Labute approximate surface area is 146 Å². The number of nitro groups is 2. The van der Waals surface area contributed by atoms with Gasteiger partial charge in [-0.3, -0.25) is 35.0 Å². The van der Waals surface area contributed by atoms with Gasteiger partial charge in [0.25, 0.3) is 11.4 Å². The number of allylic oxidation sites excluding steroid dienone is 1. The van der Waals surface area contributed by atoms with Crippen molar-refractivity contribution >= 4 is 17.5 Å². The molecule has 2 aliphatic carbocycles. The zero-order valence-electron chi connectivity index (χ0n) is 14.0. The van der Waals surface area contributed by atoms with Crippen molar-refractivity contribution < 1.29 is 34.3 Å². The molecular weight excluding hydrogens is 354 g/mol. The van der Waals surface area contributed by atoms with E-state index in [0.717, 1.165) is 0 Å². The van der Waals surface area contributed by atoms with Gasteiger partial charge in [-0.2, -0.15) is 0 Å². The van der Waals surface area contributed by atoms with Crippen molar-refractivity contribution in [3.05, 3.63) is 37.2 Å². The minimum absolute atomic E-state index is 0.118. The largest absolute Gasteiger partial charge is 0.465 e. The van der Waals surface area contributed by atoms with Crippen LogP contribution >= 0.6 is 0 Å². The molecule has 12 nitrogen and oxygen atoms in total. The molecule has 0 saturated heterocycles. The fraction of sp³-hybridized carbons (Fsp3) is 0.643. The van der Waals surface area contributed by atoms with E-state index in [4.69, 9.17) is 4.74 Å². The van der Waals surface area contributed by atoms with E-state index in [1.54, 1.807) is 0 Å². The molecule has 1 fully saturated rings. The summed E-state index contributed by atoms with van der Waals surface area (Å²) in [6.45, 7) is 2.77. The van der Waals surface area contributed by atoms with E-state index >= 15 is 0 Å². The highest BCUT2D eigenvalue weighted by Crippen LogP contribution is 2.51. The standard InChI is InChI=1S/C14H17N3O9/c1-3-14(13(19)26-4-2)10(18)5-7-8(15(20)21)6-9(16(22)23)11(14)12(7)17(24)25/h6-7,11-12H,3-5H2,1-2H3,(H,20,21). The molecule has 12 heteroatoms. The molecule has 2 bridgehead atoms. The summed E-state index contributed by atoms with van der Waals surface area (Å²) in [5.41, 5.74) is -3.61. The second-order valence-electron chi connectivity index (χ2n) is 6.06. The smallest absolute Gasteiger partial charge is 0.320 e. The van der Waals surface area contributed by atoms with Crippen LogP contribution in [0.15, 0.2) is 11.8 Å². The van der Waals surface area contributed by atoms with E-state index in [0.29, 0.717) is 6.08 Å². The van der Waals surface area contributed by atoms with Crippen molar-refractivity contribution in [1.29, 1.82) is 0 Å². The highest BCUT2D eigenvalue weighted by molar-refractivity contribution is 6.09. The lowest BCUT2D eigenvalue weighted by Crippen LogP contribution is -2.63. The number of esters is 1. The molecule has 2 aliphatic rings. The van der Waals surface area contributed by atoms with E-state index in [-0.39, 0.29) is 13.0 Å².